The molecule has 0 fully saturated rings. The van der Waals surface area contributed by atoms with Gasteiger partial charge in [0, 0.05) is 25.4 Å². The topological polar surface area (TPSA) is 3.24 Å². The van der Waals surface area contributed by atoms with E-state index in [-0.39, 0.29) is 0 Å². The van der Waals surface area contributed by atoms with E-state index >= 15 is 0 Å². The molecule has 0 radical (unpaired) electrons. The second kappa shape index (κ2) is 5.26. The molecule has 0 amide bonds. The molecule has 0 atom stereocenters. The second-order valence-electron chi connectivity index (χ2n) is 2.61. The number of terminal acetylenes is 1. The number of allylic oxidation sites excluding steroid dienone is 4. The molecule has 1 aliphatic rings. The summed E-state index contributed by atoms with van der Waals surface area (Å²) in [5.74, 6) is 2.63. The highest BCUT2D eigenvalue weighted by Crippen LogP contribution is 2.00. The van der Waals surface area contributed by atoms with E-state index in [0.29, 0.717) is 0 Å². The molecule has 62 valence electrons. The van der Waals surface area contributed by atoms with Crippen LogP contribution in [0.1, 0.15) is 12.8 Å². The third-order valence-electron chi connectivity index (χ3n) is 1.63. The third kappa shape index (κ3) is 3.12. The van der Waals surface area contributed by atoms with Crippen LogP contribution in [0.25, 0.3) is 0 Å². The van der Waals surface area contributed by atoms with Gasteiger partial charge in [-0.2, -0.15) is 0 Å². The Morgan fingerprint density at radius 3 is 2.33 bits per heavy atom. The van der Waals surface area contributed by atoms with Gasteiger partial charge in [-0.25, -0.2) is 0 Å². The van der Waals surface area contributed by atoms with Crippen LogP contribution in [0.2, 0.25) is 0 Å². The lowest BCUT2D eigenvalue weighted by Crippen LogP contribution is -2.10. The Hall–Kier alpha value is -1.42. The van der Waals surface area contributed by atoms with Gasteiger partial charge < -0.3 is 4.90 Å². The number of hydrogen-bond donors (Lipinski definition) is 0. The summed E-state index contributed by atoms with van der Waals surface area (Å²) in [6.07, 6.45) is 19.2. The zero-order valence-electron chi connectivity index (χ0n) is 7.11. The molecule has 0 aromatic rings. The minimum atomic E-state index is 0.853. The number of unbranched alkanes of at least 4 members (excludes halogenated alkanes) is 1. The highest BCUT2D eigenvalue weighted by atomic mass is 15.1. The summed E-state index contributed by atoms with van der Waals surface area (Å²) in [5.41, 5.74) is 0. The van der Waals surface area contributed by atoms with Crippen molar-refractivity contribution in [3.8, 4) is 12.3 Å². The maximum atomic E-state index is 5.16. The summed E-state index contributed by atoms with van der Waals surface area (Å²) in [6, 6.07) is 0. The van der Waals surface area contributed by atoms with Crippen molar-refractivity contribution in [1.82, 2.24) is 4.90 Å². The molecule has 1 heteroatoms. The van der Waals surface area contributed by atoms with Crippen LogP contribution in [0.15, 0.2) is 36.7 Å². The summed E-state index contributed by atoms with van der Waals surface area (Å²) in [7, 11) is 0. The predicted octanol–water partition coefficient (Wildman–Crippen LogP) is 2.30. The first kappa shape index (κ1) is 8.67. The Balaban J connectivity index is 2.29. The first-order valence-corrected chi connectivity index (χ1v) is 4.14. The highest BCUT2D eigenvalue weighted by Gasteiger charge is 1.93. The zero-order valence-corrected chi connectivity index (χ0v) is 7.11. The van der Waals surface area contributed by atoms with Crippen LogP contribution < -0.4 is 0 Å². The summed E-state index contributed by atoms with van der Waals surface area (Å²) >= 11 is 0. The molecule has 0 unspecified atom stereocenters. The van der Waals surface area contributed by atoms with Gasteiger partial charge in [0.15, 0.2) is 0 Å². The third-order valence-corrected chi connectivity index (χ3v) is 1.63. The number of nitrogens with zero attached hydrogens (tertiary/aromatic N) is 1. The highest BCUT2D eigenvalue weighted by molar-refractivity contribution is 5.15. The maximum absolute atomic E-state index is 5.16. The number of rotatable bonds is 3. The van der Waals surface area contributed by atoms with Gasteiger partial charge in [-0.05, 0) is 18.6 Å². The Morgan fingerprint density at radius 1 is 1.08 bits per heavy atom. The van der Waals surface area contributed by atoms with E-state index in [2.05, 4.69) is 23.2 Å². The lowest BCUT2D eigenvalue weighted by molar-refractivity contribution is 0.494. The average molecular weight is 159 g/mol. The Kier molecular flexibility index (Phi) is 3.80. The molecule has 1 heterocycles. The van der Waals surface area contributed by atoms with Crippen LogP contribution in [-0.2, 0) is 0 Å². The smallest absolute Gasteiger partial charge is 0.0228 e. The Bertz CT molecular complexity index is 224. The van der Waals surface area contributed by atoms with Gasteiger partial charge in [-0.15, -0.1) is 12.3 Å². The standard InChI is InChI=1S/C11H13N/c1-2-3-6-9-12-10-7-4-5-8-11-12/h1,4-5,7-8,10-11H,3,6,9H2. The molecule has 0 N–H and O–H groups in total. The van der Waals surface area contributed by atoms with Crippen molar-refractivity contribution >= 4 is 0 Å². The van der Waals surface area contributed by atoms with E-state index in [9.17, 15) is 0 Å². The molecule has 0 spiro atoms. The molecule has 0 aliphatic carbocycles. The van der Waals surface area contributed by atoms with E-state index in [4.69, 9.17) is 6.42 Å². The lowest BCUT2D eigenvalue weighted by Gasteiger charge is -2.12. The first-order chi connectivity index (χ1) is 5.93. The van der Waals surface area contributed by atoms with Crippen LogP contribution in [0.5, 0.6) is 0 Å². The van der Waals surface area contributed by atoms with Crippen molar-refractivity contribution in [3.05, 3.63) is 36.7 Å². The molecule has 0 saturated heterocycles. The molecular weight excluding hydrogens is 146 g/mol. The van der Waals surface area contributed by atoms with Crippen molar-refractivity contribution < 1.29 is 0 Å². The van der Waals surface area contributed by atoms with Crippen molar-refractivity contribution in [2.45, 2.75) is 12.8 Å². The summed E-state index contributed by atoms with van der Waals surface area (Å²) in [4.78, 5) is 2.14. The molecule has 0 aromatic carbocycles. The molecular formula is C11H13N. The zero-order chi connectivity index (χ0) is 8.65. The fourth-order valence-corrected chi connectivity index (χ4v) is 1.01. The quantitative estimate of drug-likeness (QED) is 0.451. The van der Waals surface area contributed by atoms with Crippen LogP contribution in [0.4, 0.5) is 0 Å². The summed E-state index contributed by atoms with van der Waals surface area (Å²) in [5, 5.41) is 0. The monoisotopic (exact) mass is 159 g/mol. The molecule has 1 nitrogen and oxygen atoms in total. The average Bonchev–Trinajstić information content (AvgIpc) is 2.33. The first-order valence-electron chi connectivity index (χ1n) is 4.14. The van der Waals surface area contributed by atoms with E-state index in [1.165, 1.54) is 0 Å². The minimum absolute atomic E-state index is 0.853. The summed E-state index contributed by atoms with van der Waals surface area (Å²) in [6.45, 7) is 0.999. The van der Waals surface area contributed by atoms with Gasteiger partial charge >= 0.3 is 0 Å². The van der Waals surface area contributed by atoms with Gasteiger partial charge in [-0.1, -0.05) is 12.2 Å². The normalized spacial score (nSPS) is 14.4. The minimum Gasteiger partial charge on any atom is -0.354 e. The summed E-state index contributed by atoms with van der Waals surface area (Å²) < 4.78 is 0. The Labute approximate surface area is 74.1 Å². The van der Waals surface area contributed by atoms with E-state index in [0.717, 1.165) is 19.4 Å². The van der Waals surface area contributed by atoms with Gasteiger partial charge in [0.05, 0.1) is 0 Å². The van der Waals surface area contributed by atoms with E-state index < -0.39 is 0 Å². The molecule has 1 rings (SSSR count). The maximum Gasteiger partial charge on any atom is 0.0228 e. The molecule has 0 saturated carbocycles. The fraction of sp³-hybridized carbons (Fsp3) is 0.273. The molecule has 0 bridgehead atoms. The number of hydrogen-bond acceptors (Lipinski definition) is 1. The van der Waals surface area contributed by atoms with Crippen molar-refractivity contribution in [2.24, 2.45) is 0 Å². The molecule has 1 aliphatic heterocycles. The van der Waals surface area contributed by atoms with E-state index in [1.807, 2.05) is 24.3 Å². The van der Waals surface area contributed by atoms with Gasteiger partial charge in [0.1, 0.15) is 0 Å². The lowest BCUT2D eigenvalue weighted by atomic mass is 10.3. The SMILES string of the molecule is C#CCCCN1C=CC=CC=C1. The predicted molar refractivity (Wildman–Crippen MR) is 52.2 cm³/mol. The van der Waals surface area contributed by atoms with Crippen LogP contribution >= 0.6 is 0 Å². The fourth-order valence-electron chi connectivity index (χ4n) is 1.01. The van der Waals surface area contributed by atoms with Gasteiger partial charge in [0.25, 0.3) is 0 Å². The van der Waals surface area contributed by atoms with E-state index in [1.54, 1.807) is 0 Å². The second-order valence-corrected chi connectivity index (χ2v) is 2.61. The van der Waals surface area contributed by atoms with Gasteiger partial charge in [0.2, 0.25) is 0 Å². The Morgan fingerprint density at radius 2 is 1.75 bits per heavy atom. The van der Waals surface area contributed by atoms with Crippen LogP contribution in [0, 0.1) is 12.3 Å². The van der Waals surface area contributed by atoms with Crippen LogP contribution in [-0.4, -0.2) is 11.4 Å². The largest absolute Gasteiger partial charge is 0.354 e. The van der Waals surface area contributed by atoms with Crippen LogP contribution in [0.3, 0.4) is 0 Å². The molecule has 12 heavy (non-hydrogen) atoms. The van der Waals surface area contributed by atoms with Crippen molar-refractivity contribution in [1.29, 1.82) is 0 Å². The van der Waals surface area contributed by atoms with Gasteiger partial charge in [-0.3, -0.25) is 0 Å². The van der Waals surface area contributed by atoms with Crippen molar-refractivity contribution in [2.75, 3.05) is 6.54 Å². The van der Waals surface area contributed by atoms with Crippen molar-refractivity contribution in [3.63, 3.8) is 0 Å². The molecule has 0 aromatic heterocycles.